The van der Waals surface area contributed by atoms with Gasteiger partial charge in [0.15, 0.2) is 5.52 Å². The first-order valence-corrected chi connectivity index (χ1v) is 13.0. The lowest BCUT2D eigenvalue weighted by molar-refractivity contribution is -0.136. The summed E-state index contributed by atoms with van der Waals surface area (Å²) >= 11 is 0. The van der Waals surface area contributed by atoms with Crippen molar-refractivity contribution in [2.45, 2.75) is 44.2 Å². The first-order valence-electron chi connectivity index (χ1n) is 13.0. The number of nitrogens with two attached hydrogens (primary N) is 1. The van der Waals surface area contributed by atoms with Crippen LogP contribution in [0.4, 0.5) is 0 Å². The maximum absolute atomic E-state index is 13.3. The lowest BCUT2D eigenvalue weighted by Gasteiger charge is -2.38. The number of nitrogens with zero attached hydrogens (tertiary/aromatic N) is 5. The van der Waals surface area contributed by atoms with Crippen LogP contribution >= 0.6 is 0 Å². The molecule has 2 aromatic heterocycles. The fourth-order valence-electron chi connectivity index (χ4n) is 5.29. The average molecular weight is 529 g/mol. The van der Waals surface area contributed by atoms with Crippen molar-refractivity contribution < 1.29 is 14.7 Å². The molecule has 10 heteroatoms. The molecule has 1 aliphatic heterocycles. The Hall–Kier alpha value is -4.31. The van der Waals surface area contributed by atoms with Gasteiger partial charge in [-0.3, -0.25) is 23.6 Å². The summed E-state index contributed by atoms with van der Waals surface area (Å²) in [6.45, 7) is 2.94. The summed E-state index contributed by atoms with van der Waals surface area (Å²) in [5, 5.41) is 15.7. The third-order valence-corrected chi connectivity index (χ3v) is 7.59. The van der Waals surface area contributed by atoms with Gasteiger partial charge in [0.2, 0.25) is 11.8 Å². The van der Waals surface area contributed by atoms with Crippen molar-refractivity contribution in [1.82, 2.24) is 24.2 Å². The highest BCUT2D eigenvalue weighted by molar-refractivity contribution is 5.96. The molecule has 10 nitrogen and oxygen atoms in total. The molecule has 3 heterocycles. The highest BCUT2D eigenvalue weighted by Crippen LogP contribution is 2.28. The minimum atomic E-state index is -1.14. The van der Waals surface area contributed by atoms with Crippen LogP contribution in [0.3, 0.4) is 0 Å². The summed E-state index contributed by atoms with van der Waals surface area (Å²) < 4.78 is 2.94. The van der Waals surface area contributed by atoms with E-state index in [0.29, 0.717) is 54.7 Å². The van der Waals surface area contributed by atoms with Gasteiger partial charge >= 0.3 is 0 Å². The summed E-state index contributed by atoms with van der Waals surface area (Å²) in [4.78, 5) is 44.2. The number of carbonyl (C=O) groups is 2. The number of benzene rings is 2. The van der Waals surface area contributed by atoms with Crippen LogP contribution in [0, 0.1) is 0 Å². The molecular formula is C29H32N6O4. The quantitative estimate of drug-likeness (QED) is 0.378. The highest BCUT2D eigenvalue weighted by atomic mass is 16.3. The highest BCUT2D eigenvalue weighted by Gasteiger charge is 2.35. The minimum Gasteiger partial charge on any atom is -0.388 e. The van der Waals surface area contributed by atoms with E-state index in [2.05, 4.69) is 10.1 Å². The van der Waals surface area contributed by atoms with Gasteiger partial charge in [0.05, 0.1) is 24.2 Å². The summed E-state index contributed by atoms with van der Waals surface area (Å²) in [6.07, 6.45) is 2.55. The number of primary amides is 1. The topological polar surface area (TPSA) is 136 Å². The van der Waals surface area contributed by atoms with E-state index in [9.17, 15) is 19.5 Å². The molecule has 0 saturated carbocycles. The Bertz CT molecular complexity index is 1580. The largest absolute Gasteiger partial charge is 0.388 e. The molecule has 4 aromatic rings. The van der Waals surface area contributed by atoms with Crippen molar-refractivity contribution >= 4 is 22.8 Å². The number of aromatic nitrogens is 4. The van der Waals surface area contributed by atoms with Crippen molar-refractivity contribution in [3.63, 3.8) is 0 Å². The van der Waals surface area contributed by atoms with Crippen LogP contribution in [0.5, 0.6) is 0 Å². The van der Waals surface area contributed by atoms with Crippen molar-refractivity contribution in [3.8, 4) is 11.3 Å². The third kappa shape index (κ3) is 5.33. The molecule has 1 aliphatic rings. The van der Waals surface area contributed by atoms with Crippen molar-refractivity contribution in [2.24, 2.45) is 12.8 Å². The number of amides is 2. The van der Waals surface area contributed by atoms with E-state index in [-0.39, 0.29) is 29.4 Å². The lowest BCUT2D eigenvalue weighted by atomic mass is 9.90. The first kappa shape index (κ1) is 26.3. The van der Waals surface area contributed by atoms with Crippen molar-refractivity contribution in [3.05, 3.63) is 82.4 Å². The molecule has 5 rings (SSSR count). The number of carbonyl (C=O) groups excluding carboxylic acids is 2. The number of hydrogen-bond donors (Lipinski definition) is 2. The van der Waals surface area contributed by atoms with Gasteiger partial charge in [-0.05, 0) is 36.5 Å². The standard InChI is InChI=1S/C29H32N6O4/c1-19(20-7-4-3-5-8-20)15-23(36)34-13-11-29(39,12-14-34)17-35-18-31-24-25(28(35)38)32-33(2)26(24)21-9-6-10-22(16-21)27(30)37/h3-10,16,18-19,39H,11-15,17H2,1-2H3,(H2,30,37). The molecule has 3 N–H and O–H groups in total. The zero-order valence-corrected chi connectivity index (χ0v) is 22.1. The smallest absolute Gasteiger partial charge is 0.281 e. The third-order valence-electron chi connectivity index (χ3n) is 7.59. The van der Waals surface area contributed by atoms with Gasteiger partial charge in [0.1, 0.15) is 5.52 Å². The van der Waals surface area contributed by atoms with Crippen LogP contribution in [0.15, 0.2) is 65.7 Å². The maximum atomic E-state index is 13.3. The van der Waals surface area contributed by atoms with Crippen LogP contribution in [0.25, 0.3) is 22.3 Å². The van der Waals surface area contributed by atoms with Crippen molar-refractivity contribution in [1.29, 1.82) is 0 Å². The summed E-state index contributed by atoms with van der Waals surface area (Å²) in [5.74, 6) is -0.377. The Morgan fingerprint density at radius 2 is 1.79 bits per heavy atom. The van der Waals surface area contributed by atoms with Crippen molar-refractivity contribution in [2.75, 3.05) is 13.1 Å². The fraction of sp³-hybridized carbons (Fsp3) is 0.345. The molecule has 1 fully saturated rings. The molecule has 0 bridgehead atoms. The van der Waals surface area contributed by atoms with E-state index < -0.39 is 11.5 Å². The number of piperidine rings is 1. The Kier molecular flexibility index (Phi) is 7.05. The van der Waals surface area contributed by atoms with Gasteiger partial charge in [-0.25, -0.2) is 4.98 Å². The number of rotatable bonds is 7. The zero-order chi connectivity index (χ0) is 27.7. The van der Waals surface area contributed by atoms with E-state index in [0.717, 1.165) is 5.56 Å². The number of likely N-dealkylation sites (tertiary alicyclic amines) is 1. The predicted octanol–water partition coefficient (Wildman–Crippen LogP) is 2.44. The molecule has 1 saturated heterocycles. The number of fused-ring (bicyclic) bond motifs is 1. The molecule has 1 atom stereocenters. The van der Waals surface area contributed by atoms with E-state index in [4.69, 9.17) is 5.73 Å². The first-order chi connectivity index (χ1) is 18.6. The maximum Gasteiger partial charge on any atom is 0.281 e. The van der Waals surface area contributed by atoms with Crippen LogP contribution in [0.2, 0.25) is 0 Å². The van der Waals surface area contributed by atoms with Crippen LogP contribution in [-0.4, -0.2) is 59.8 Å². The summed E-state index contributed by atoms with van der Waals surface area (Å²) in [6, 6.07) is 16.7. The SMILES string of the molecule is CC(CC(=O)N1CCC(O)(Cn2cnc3c(-c4cccc(C(N)=O)c4)n(C)nc3c2=O)CC1)c1ccccc1. The number of hydrogen-bond acceptors (Lipinski definition) is 6. The number of aliphatic hydroxyl groups is 1. The molecule has 0 aliphatic carbocycles. The summed E-state index contributed by atoms with van der Waals surface area (Å²) in [5.41, 5.74) is 7.22. The zero-order valence-electron chi connectivity index (χ0n) is 22.1. The Labute approximate surface area is 225 Å². The van der Waals surface area contributed by atoms with E-state index in [1.807, 2.05) is 37.3 Å². The molecule has 39 heavy (non-hydrogen) atoms. The Balaban J connectivity index is 1.30. The molecule has 1 unspecified atom stereocenters. The van der Waals surface area contributed by atoms with Gasteiger partial charge in [-0.2, -0.15) is 5.10 Å². The minimum absolute atomic E-state index is 0.0558. The molecule has 202 valence electrons. The Morgan fingerprint density at radius 1 is 1.08 bits per heavy atom. The molecule has 2 amide bonds. The van der Waals surface area contributed by atoms with Gasteiger partial charge in [0, 0.05) is 37.7 Å². The molecule has 2 aromatic carbocycles. The van der Waals surface area contributed by atoms with E-state index in [1.165, 1.54) is 10.9 Å². The average Bonchev–Trinajstić information content (AvgIpc) is 3.27. The van der Waals surface area contributed by atoms with Gasteiger partial charge < -0.3 is 15.7 Å². The molecule has 0 spiro atoms. The monoisotopic (exact) mass is 528 g/mol. The van der Waals surface area contributed by atoms with Crippen LogP contribution in [0.1, 0.15) is 48.0 Å². The van der Waals surface area contributed by atoms with Gasteiger partial charge in [0.25, 0.3) is 5.56 Å². The van der Waals surface area contributed by atoms with E-state index >= 15 is 0 Å². The number of aryl methyl sites for hydroxylation is 1. The second-order valence-corrected chi connectivity index (χ2v) is 10.4. The second-order valence-electron chi connectivity index (χ2n) is 10.4. The van der Waals surface area contributed by atoms with Gasteiger partial charge in [-0.15, -0.1) is 0 Å². The molecular weight excluding hydrogens is 496 g/mol. The summed E-state index contributed by atoms with van der Waals surface area (Å²) in [7, 11) is 1.71. The molecule has 0 radical (unpaired) electrons. The van der Waals surface area contributed by atoms with Crippen LogP contribution in [-0.2, 0) is 18.4 Å². The van der Waals surface area contributed by atoms with E-state index in [1.54, 1.807) is 40.9 Å². The second kappa shape index (κ2) is 10.5. The fourth-order valence-corrected chi connectivity index (χ4v) is 5.29. The van der Waals surface area contributed by atoms with Crippen LogP contribution < -0.4 is 11.3 Å². The normalized spacial score (nSPS) is 15.8. The lowest BCUT2D eigenvalue weighted by Crippen LogP contribution is -2.49. The van der Waals surface area contributed by atoms with Gasteiger partial charge in [-0.1, -0.05) is 49.4 Å². The predicted molar refractivity (Wildman–Crippen MR) is 147 cm³/mol. The Morgan fingerprint density at radius 3 is 2.49 bits per heavy atom.